The van der Waals surface area contributed by atoms with Crippen molar-refractivity contribution in [2.75, 3.05) is 7.05 Å². The zero-order valence-corrected chi connectivity index (χ0v) is 20.1. The van der Waals surface area contributed by atoms with Crippen LogP contribution in [0.2, 0.25) is 5.02 Å². The highest BCUT2D eigenvalue weighted by atomic mass is 35.5. The van der Waals surface area contributed by atoms with Gasteiger partial charge in [0.2, 0.25) is 10.0 Å². The Morgan fingerprint density at radius 3 is 2.27 bits per heavy atom. The fourth-order valence-corrected chi connectivity index (χ4v) is 7.85. The van der Waals surface area contributed by atoms with E-state index < -0.39 is 26.6 Å². The van der Waals surface area contributed by atoms with Crippen molar-refractivity contribution in [1.82, 2.24) is 9.62 Å². The standard InChI is InChI=1S/C25H28ClFN2O3S/c1-29(14-15-5-3-2-4-6-15)33(31,32)23-12-20(21(26)13-22(23)27)25(30)28-24-18-8-16-7-17(10-18)11-19(24)9-16/h2-6,12-13,16-19,24H,7-11,14H2,1H3,(H,28,30). The van der Waals surface area contributed by atoms with Gasteiger partial charge in [-0.2, -0.15) is 4.31 Å². The normalized spacial score (nSPS) is 28.3. The largest absolute Gasteiger partial charge is 0.349 e. The van der Waals surface area contributed by atoms with Crippen molar-refractivity contribution < 1.29 is 17.6 Å². The summed E-state index contributed by atoms with van der Waals surface area (Å²) in [5.74, 6) is 1.07. The lowest BCUT2D eigenvalue weighted by atomic mass is 9.54. The molecular formula is C25H28ClFN2O3S. The summed E-state index contributed by atoms with van der Waals surface area (Å²) in [4.78, 5) is 12.6. The summed E-state index contributed by atoms with van der Waals surface area (Å²) in [6.07, 6.45) is 5.87. The number of rotatable bonds is 6. The molecule has 5 nitrogen and oxygen atoms in total. The second-order valence-corrected chi connectivity index (χ2v) is 12.4. The van der Waals surface area contributed by atoms with E-state index in [9.17, 15) is 17.6 Å². The second-order valence-electron chi connectivity index (χ2n) is 9.94. The quantitative estimate of drug-likeness (QED) is 0.629. The van der Waals surface area contributed by atoms with E-state index in [-0.39, 0.29) is 23.2 Å². The molecule has 0 saturated heterocycles. The fraction of sp³-hybridized carbons (Fsp3) is 0.480. The van der Waals surface area contributed by atoms with Crippen LogP contribution in [0.3, 0.4) is 0 Å². The lowest BCUT2D eigenvalue weighted by molar-refractivity contribution is -0.0119. The van der Waals surface area contributed by atoms with Gasteiger partial charge < -0.3 is 5.32 Å². The Hall–Kier alpha value is -1.96. The minimum atomic E-state index is -4.17. The number of nitrogens with one attached hydrogen (secondary N) is 1. The highest BCUT2D eigenvalue weighted by Crippen LogP contribution is 2.53. The molecule has 0 spiro atoms. The Bertz CT molecular complexity index is 1140. The molecule has 1 amide bonds. The molecule has 2 aromatic rings. The highest BCUT2D eigenvalue weighted by Gasteiger charge is 2.48. The maximum atomic E-state index is 14.8. The van der Waals surface area contributed by atoms with E-state index in [0.717, 1.165) is 59.5 Å². The highest BCUT2D eigenvalue weighted by molar-refractivity contribution is 7.89. The van der Waals surface area contributed by atoms with Crippen molar-refractivity contribution in [2.45, 2.75) is 49.6 Å². The average molecular weight is 491 g/mol. The molecule has 4 aliphatic carbocycles. The summed E-state index contributed by atoms with van der Waals surface area (Å²) in [6, 6.07) is 11.1. The van der Waals surface area contributed by atoms with Crippen LogP contribution >= 0.6 is 11.6 Å². The van der Waals surface area contributed by atoms with Gasteiger partial charge in [-0.1, -0.05) is 41.9 Å². The van der Waals surface area contributed by atoms with Gasteiger partial charge in [-0.3, -0.25) is 4.79 Å². The molecule has 176 valence electrons. The van der Waals surface area contributed by atoms with Crippen molar-refractivity contribution in [1.29, 1.82) is 0 Å². The number of amides is 1. The van der Waals surface area contributed by atoms with Crippen molar-refractivity contribution in [3.8, 4) is 0 Å². The number of benzene rings is 2. The van der Waals surface area contributed by atoms with Crippen molar-refractivity contribution >= 4 is 27.5 Å². The molecule has 4 aliphatic rings. The van der Waals surface area contributed by atoms with Crippen molar-refractivity contribution in [2.24, 2.45) is 23.7 Å². The number of carbonyl (C=O) groups is 1. The van der Waals surface area contributed by atoms with Gasteiger partial charge in [0.15, 0.2) is 0 Å². The number of hydrogen-bond donors (Lipinski definition) is 1. The first kappa shape index (κ1) is 22.8. The lowest BCUT2D eigenvalue weighted by Gasteiger charge is -2.54. The fourth-order valence-electron chi connectivity index (χ4n) is 6.38. The van der Waals surface area contributed by atoms with Crippen molar-refractivity contribution in [3.05, 3.63) is 64.4 Å². The smallest absolute Gasteiger partial charge is 0.253 e. The molecule has 0 heterocycles. The van der Waals surface area contributed by atoms with E-state index in [1.54, 1.807) is 12.1 Å². The van der Waals surface area contributed by atoms with Gasteiger partial charge in [0, 0.05) is 19.6 Å². The summed E-state index contributed by atoms with van der Waals surface area (Å²) >= 11 is 6.22. The van der Waals surface area contributed by atoms with Crippen molar-refractivity contribution in [3.63, 3.8) is 0 Å². The Balaban J connectivity index is 1.38. The lowest BCUT2D eigenvalue weighted by Crippen LogP contribution is -2.55. The van der Waals surface area contributed by atoms with Gasteiger partial charge in [-0.15, -0.1) is 0 Å². The van der Waals surface area contributed by atoms with Crippen LogP contribution in [-0.2, 0) is 16.6 Å². The third-order valence-corrected chi connectivity index (χ3v) is 9.86. The summed E-state index contributed by atoms with van der Waals surface area (Å²) in [5.41, 5.74) is 0.774. The Labute approximate surface area is 199 Å². The van der Waals surface area contributed by atoms with Crippen LogP contribution in [0, 0.1) is 29.5 Å². The molecule has 0 aliphatic heterocycles. The Morgan fingerprint density at radius 2 is 1.67 bits per heavy atom. The number of carbonyl (C=O) groups excluding carboxylic acids is 1. The monoisotopic (exact) mass is 490 g/mol. The van der Waals surface area contributed by atoms with E-state index >= 15 is 0 Å². The molecule has 0 atom stereocenters. The van der Waals surface area contributed by atoms with Crippen LogP contribution in [0.25, 0.3) is 0 Å². The third kappa shape index (κ3) is 4.31. The van der Waals surface area contributed by atoms with E-state index in [1.165, 1.54) is 13.5 Å². The average Bonchev–Trinajstić information content (AvgIpc) is 2.76. The number of halogens is 2. The first-order valence-electron chi connectivity index (χ1n) is 11.5. The molecule has 1 N–H and O–H groups in total. The zero-order chi connectivity index (χ0) is 23.3. The SMILES string of the molecule is CN(Cc1ccccc1)S(=O)(=O)c1cc(C(=O)NC2C3CC4CC(C3)CC2C4)c(Cl)cc1F. The molecular weight excluding hydrogens is 463 g/mol. The first-order chi connectivity index (χ1) is 15.7. The summed E-state index contributed by atoms with van der Waals surface area (Å²) in [7, 11) is -2.78. The molecule has 6 rings (SSSR count). The van der Waals surface area contributed by atoms with Crippen LogP contribution in [0.5, 0.6) is 0 Å². The predicted octanol–water partition coefficient (Wildman–Crippen LogP) is 4.85. The Kier molecular flexibility index (Phi) is 6.00. The number of hydrogen-bond acceptors (Lipinski definition) is 3. The first-order valence-corrected chi connectivity index (χ1v) is 13.3. The summed E-state index contributed by atoms with van der Waals surface area (Å²) in [6.45, 7) is 0.0839. The van der Waals surface area contributed by atoms with Gasteiger partial charge in [-0.05, 0) is 73.5 Å². The van der Waals surface area contributed by atoms with E-state index in [1.807, 2.05) is 18.2 Å². The minimum absolute atomic E-state index is 0.00133. The van der Waals surface area contributed by atoms with Crippen LogP contribution < -0.4 is 5.32 Å². The third-order valence-electron chi connectivity index (χ3n) is 7.73. The van der Waals surface area contributed by atoms with Gasteiger partial charge in [0.25, 0.3) is 5.91 Å². The molecule has 0 unspecified atom stereocenters. The van der Waals surface area contributed by atoms with Crippen LogP contribution in [0.4, 0.5) is 4.39 Å². The number of nitrogens with zero attached hydrogens (tertiary/aromatic N) is 1. The molecule has 4 saturated carbocycles. The topological polar surface area (TPSA) is 66.5 Å². The molecule has 2 aromatic carbocycles. The number of sulfonamides is 1. The second kappa shape index (κ2) is 8.67. The molecule has 0 radical (unpaired) electrons. The van der Waals surface area contributed by atoms with E-state index in [0.29, 0.717) is 11.8 Å². The van der Waals surface area contributed by atoms with Crippen LogP contribution in [0.15, 0.2) is 47.4 Å². The van der Waals surface area contributed by atoms with Gasteiger partial charge in [0.05, 0.1) is 10.6 Å². The van der Waals surface area contributed by atoms with Crippen LogP contribution in [0.1, 0.15) is 48.0 Å². The van der Waals surface area contributed by atoms with E-state index in [2.05, 4.69) is 5.32 Å². The Morgan fingerprint density at radius 1 is 1.06 bits per heavy atom. The molecule has 33 heavy (non-hydrogen) atoms. The van der Waals surface area contributed by atoms with Gasteiger partial charge in [0.1, 0.15) is 10.7 Å². The predicted molar refractivity (Wildman–Crippen MR) is 125 cm³/mol. The van der Waals surface area contributed by atoms with Crippen LogP contribution in [-0.4, -0.2) is 31.7 Å². The minimum Gasteiger partial charge on any atom is -0.349 e. The zero-order valence-electron chi connectivity index (χ0n) is 18.5. The van der Waals surface area contributed by atoms with Gasteiger partial charge >= 0.3 is 0 Å². The molecule has 4 fully saturated rings. The summed E-state index contributed by atoms with van der Waals surface area (Å²) < 4.78 is 42.1. The maximum absolute atomic E-state index is 14.8. The van der Waals surface area contributed by atoms with Gasteiger partial charge in [-0.25, -0.2) is 12.8 Å². The molecule has 8 heteroatoms. The van der Waals surface area contributed by atoms with E-state index in [4.69, 9.17) is 11.6 Å². The molecule has 0 aromatic heterocycles. The molecule has 4 bridgehead atoms. The summed E-state index contributed by atoms with van der Waals surface area (Å²) in [5, 5.41) is 3.05. The maximum Gasteiger partial charge on any atom is 0.253 e.